The van der Waals surface area contributed by atoms with Crippen LogP contribution in [-0.4, -0.2) is 24.5 Å². The van der Waals surface area contributed by atoms with Gasteiger partial charge in [-0.1, -0.05) is 6.07 Å². The van der Waals surface area contributed by atoms with Crippen molar-refractivity contribution in [3.63, 3.8) is 0 Å². The minimum atomic E-state index is -4.11. The Kier molecular flexibility index (Phi) is 4.47. The van der Waals surface area contributed by atoms with E-state index in [1.165, 1.54) is 24.3 Å². The molecule has 1 aromatic heterocycles. The lowest BCUT2D eigenvalue weighted by Crippen LogP contribution is -2.17. The highest BCUT2D eigenvalue weighted by Crippen LogP contribution is 2.40. The van der Waals surface area contributed by atoms with Gasteiger partial charge < -0.3 is 10.4 Å². The molecule has 4 rings (SSSR count). The van der Waals surface area contributed by atoms with Gasteiger partial charge in [-0.05, 0) is 55.8 Å². The number of hydrogen-bond donors (Lipinski definition) is 2. The van der Waals surface area contributed by atoms with Crippen LogP contribution in [0.4, 0.5) is 8.78 Å². The van der Waals surface area contributed by atoms with Crippen molar-refractivity contribution in [1.82, 2.24) is 9.29 Å². The number of aromatic hydroxyl groups is 1. The first-order valence-corrected chi connectivity index (χ1v) is 10.2. The molecule has 2 aromatic carbocycles. The zero-order valence-electron chi connectivity index (χ0n) is 15.0. The molecule has 5 nitrogen and oxygen atoms in total. The zero-order chi connectivity index (χ0) is 20.1. The molecule has 1 aliphatic rings. The summed E-state index contributed by atoms with van der Waals surface area (Å²) in [4.78, 5) is -0.109. The lowest BCUT2D eigenvalue weighted by Gasteiger charge is -2.14. The Morgan fingerprint density at radius 3 is 2.61 bits per heavy atom. The van der Waals surface area contributed by atoms with Crippen LogP contribution in [0.25, 0.3) is 11.3 Å². The summed E-state index contributed by atoms with van der Waals surface area (Å²) in [6, 6.07) is 9.97. The fraction of sp³-hybridized carbons (Fsp3) is 0.200. The molecule has 146 valence electrons. The van der Waals surface area contributed by atoms with Crippen molar-refractivity contribution in [1.29, 1.82) is 0 Å². The van der Waals surface area contributed by atoms with Crippen molar-refractivity contribution < 1.29 is 22.3 Å². The molecule has 0 saturated carbocycles. The maximum atomic E-state index is 14.5. The molecule has 1 heterocycles. The van der Waals surface area contributed by atoms with Crippen LogP contribution >= 0.6 is 0 Å². The summed E-state index contributed by atoms with van der Waals surface area (Å²) in [5.74, 6) is -1.77. The van der Waals surface area contributed by atoms with Crippen LogP contribution in [0.3, 0.4) is 0 Å². The van der Waals surface area contributed by atoms with Crippen molar-refractivity contribution in [2.45, 2.75) is 23.8 Å². The van der Waals surface area contributed by atoms with E-state index in [1.54, 1.807) is 13.1 Å². The lowest BCUT2D eigenvalue weighted by atomic mass is 10.1. The van der Waals surface area contributed by atoms with E-state index < -0.39 is 21.7 Å². The van der Waals surface area contributed by atoms with Crippen molar-refractivity contribution in [3.05, 3.63) is 71.4 Å². The van der Waals surface area contributed by atoms with E-state index in [0.717, 1.165) is 27.7 Å². The van der Waals surface area contributed by atoms with Crippen LogP contribution in [0.1, 0.15) is 23.7 Å². The predicted molar refractivity (Wildman–Crippen MR) is 101 cm³/mol. The number of phenols is 1. The molecular weight excluding hydrogens is 386 g/mol. The smallest absolute Gasteiger partial charge is 0.268 e. The molecule has 1 aliphatic carbocycles. The van der Waals surface area contributed by atoms with Gasteiger partial charge in [0.05, 0.1) is 10.6 Å². The second kappa shape index (κ2) is 6.72. The molecule has 0 aliphatic heterocycles. The van der Waals surface area contributed by atoms with Crippen LogP contribution in [0.5, 0.6) is 5.75 Å². The van der Waals surface area contributed by atoms with Crippen LogP contribution < -0.4 is 5.32 Å². The van der Waals surface area contributed by atoms with Crippen molar-refractivity contribution in [2.24, 2.45) is 0 Å². The second-order valence-electron chi connectivity index (χ2n) is 6.70. The van der Waals surface area contributed by atoms with Gasteiger partial charge in [-0.15, -0.1) is 0 Å². The van der Waals surface area contributed by atoms with Crippen molar-refractivity contribution >= 4 is 10.0 Å². The number of halogens is 2. The fourth-order valence-electron chi connectivity index (χ4n) is 3.74. The SMILES string of the molecule is CNC1CCc2c1cc(-c1ccc(F)cc1F)n2S(=O)(=O)c1cccc(O)c1. The number of hydrogen-bond acceptors (Lipinski definition) is 4. The van der Waals surface area contributed by atoms with Crippen molar-refractivity contribution in [2.75, 3.05) is 7.05 Å². The van der Waals surface area contributed by atoms with E-state index >= 15 is 0 Å². The molecule has 0 saturated heterocycles. The Hall–Kier alpha value is -2.71. The third-order valence-corrected chi connectivity index (χ3v) is 6.79. The summed E-state index contributed by atoms with van der Waals surface area (Å²) in [5, 5.41) is 12.9. The number of nitrogens with one attached hydrogen (secondary N) is 1. The van der Waals surface area contributed by atoms with Gasteiger partial charge >= 0.3 is 0 Å². The lowest BCUT2D eigenvalue weighted by molar-refractivity contribution is 0.473. The van der Waals surface area contributed by atoms with Gasteiger partial charge in [0, 0.05) is 29.4 Å². The number of benzene rings is 2. The topological polar surface area (TPSA) is 71.3 Å². The van der Waals surface area contributed by atoms with E-state index in [9.17, 15) is 22.3 Å². The zero-order valence-corrected chi connectivity index (χ0v) is 15.8. The second-order valence-corrected chi connectivity index (χ2v) is 8.49. The summed E-state index contributed by atoms with van der Waals surface area (Å²) in [5.41, 5.74) is 1.45. The van der Waals surface area contributed by atoms with Gasteiger partial charge in [-0.3, -0.25) is 0 Å². The quantitative estimate of drug-likeness (QED) is 0.697. The maximum absolute atomic E-state index is 14.5. The van der Waals surface area contributed by atoms with Gasteiger partial charge in [0.1, 0.15) is 17.4 Å². The molecular formula is C20H18F2N2O3S. The molecule has 1 atom stereocenters. The Morgan fingerprint density at radius 1 is 1.14 bits per heavy atom. The molecule has 8 heteroatoms. The van der Waals surface area contributed by atoms with E-state index in [2.05, 4.69) is 5.32 Å². The molecule has 0 bridgehead atoms. The molecule has 0 radical (unpaired) electrons. The third kappa shape index (κ3) is 2.89. The van der Waals surface area contributed by atoms with E-state index in [4.69, 9.17) is 0 Å². The van der Waals surface area contributed by atoms with Gasteiger partial charge in [-0.2, -0.15) is 0 Å². The Morgan fingerprint density at radius 2 is 1.93 bits per heavy atom. The van der Waals surface area contributed by atoms with Gasteiger partial charge in [0.25, 0.3) is 10.0 Å². The molecule has 0 spiro atoms. The normalized spacial score (nSPS) is 16.3. The number of rotatable bonds is 4. The highest BCUT2D eigenvalue weighted by atomic mass is 32.2. The summed E-state index contributed by atoms with van der Waals surface area (Å²) < 4.78 is 55.8. The first kappa shape index (κ1) is 18.6. The molecule has 1 unspecified atom stereocenters. The van der Waals surface area contributed by atoms with Gasteiger partial charge in [0.2, 0.25) is 0 Å². The van der Waals surface area contributed by atoms with Gasteiger partial charge in [0.15, 0.2) is 0 Å². The van der Waals surface area contributed by atoms with E-state index in [0.29, 0.717) is 18.5 Å². The molecule has 0 amide bonds. The van der Waals surface area contributed by atoms with E-state index in [-0.39, 0.29) is 27.9 Å². The fourth-order valence-corrected chi connectivity index (χ4v) is 5.37. The first-order chi connectivity index (χ1) is 13.3. The number of fused-ring (bicyclic) bond motifs is 1. The highest BCUT2D eigenvalue weighted by Gasteiger charge is 2.33. The summed E-state index contributed by atoms with van der Waals surface area (Å²) in [7, 11) is -2.34. The molecule has 2 N–H and O–H groups in total. The average Bonchev–Trinajstić information content (AvgIpc) is 3.20. The minimum absolute atomic E-state index is 0.00520. The van der Waals surface area contributed by atoms with Crippen LogP contribution in [0.2, 0.25) is 0 Å². The largest absolute Gasteiger partial charge is 0.508 e. The van der Waals surface area contributed by atoms with Crippen LogP contribution in [-0.2, 0) is 16.4 Å². The Bertz CT molecular complexity index is 1170. The summed E-state index contributed by atoms with van der Waals surface area (Å²) in [6.45, 7) is 0. The number of phenolic OH excluding ortho intramolecular Hbond substituents is 1. The average molecular weight is 404 g/mol. The third-order valence-electron chi connectivity index (χ3n) is 5.05. The van der Waals surface area contributed by atoms with Crippen LogP contribution in [0.15, 0.2) is 53.4 Å². The minimum Gasteiger partial charge on any atom is -0.508 e. The maximum Gasteiger partial charge on any atom is 0.268 e. The molecule has 3 aromatic rings. The first-order valence-electron chi connectivity index (χ1n) is 8.74. The monoisotopic (exact) mass is 404 g/mol. The summed E-state index contributed by atoms with van der Waals surface area (Å²) >= 11 is 0. The van der Waals surface area contributed by atoms with Gasteiger partial charge in [-0.25, -0.2) is 21.2 Å². The Labute approximate surface area is 161 Å². The summed E-state index contributed by atoms with van der Waals surface area (Å²) in [6.07, 6.45) is 1.20. The van der Waals surface area contributed by atoms with E-state index in [1.807, 2.05) is 0 Å². The molecule has 28 heavy (non-hydrogen) atoms. The van der Waals surface area contributed by atoms with Crippen molar-refractivity contribution in [3.8, 4) is 17.0 Å². The van der Waals surface area contributed by atoms with Crippen LogP contribution in [0, 0.1) is 11.6 Å². The predicted octanol–water partition coefficient (Wildman–Crippen LogP) is 3.58. The Balaban J connectivity index is 2.01. The highest BCUT2D eigenvalue weighted by molar-refractivity contribution is 7.90. The molecule has 0 fully saturated rings. The standard InChI is InChI=1S/C20H18F2N2O3S/c1-23-18-7-8-19-16(18)11-20(15-6-5-12(21)9-17(15)22)24(19)28(26,27)14-4-2-3-13(25)10-14/h2-6,9-11,18,23,25H,7-8H2,1H3. The number of aromatic nitrogens is 1. The number of nitrogens with zero attached hydrogens (tertiary/aromatic N) is 1.